The highest BCUT2D eigenvalue weighted by Gasteiger charge is 2.73. The zero-order valence-electron chi connectivity index (χ0n) is 29.2. The molecule has 0 amide bonds. The highest BCUT2D eigenvalue weighted by molar-refractivity contribution is 5.93. The van der Waals surface area contributed by atoms with E-state index < -0.39 is 82.9 Å². The molecule has 13 atom stereocenters. The van der Waals surface area contributed by atoms with Crippen LogP contribution in [0.3, 0.4) is 0 Å². The standard InChI is InChI=1S/C36H54O12/c1-17-18-9-10-23-33(4)14-20(38)30(36(7,45)24(39)11-12-32(2,3)46-8)34(33,5)15-25(40)35(23,6)19(18)13-21(26(17)41)47-31-29(44)28(43)27(42)22(16-37)48-31/h11-13,20,22-24,27-31,37-39,41-45H,9-10,14-16H2,1-8H3/b12-11+/t20-,22-,23+,24?,27-,28+,29-,30+,31-,33+,34-,35+,36+/m1/s1. The Kier molecular flexibility index (Phi) is 9.50. The fourth-order valence-electron chi connectivity index (χ4n) is 9.79. The smallest absolute Gasteiger partial charge is 0.229 e. The summed E-state index contributed by atoms with van der Waals surface area (Å²) in [6.45, 7) is 12.1. The predicted octanol–water partition coefficient (Wildman–Crippen LogP) is 1.16. The summed E-state index contributed by atoms with van der Waals surface area (Å²) in [5, 5.41) is 86.9. The van der Waals surface area contributed by atoms with Gasteiger partial charge in [-0.25, -0.2) is 0 Å². The molecule has 8 N–H and O–H groups in total. The Morgan fingerprint density at radius 1 is 1.08 bits per heavy atom. The minimum Gasteiger partial charge on any atom is -0.504 e. The van der Waals surface area contributed by atoms with E-state index in [1.54, 1.807) is 26.2 Å². The lowest BCUT2D eigenvalue weighted by atomic mass is 9.41. The van der Waals surface area contributed by atoms with Crippen molar-refractivity contribution in [3.8, 4) is 11.5 Å². The molecule has 0 aromatic heterocycles. The SMILES string of the molecule is COC(C)(C)/C=C/C(O)[C@](C)(O)[C@H]1[C@H](O)C[C@@]2(C)[C@@H]3CCc4c(cc(O[C@@H]5O[C@H](CO)[C@@H](O)[C@H](O)[C@H]5O)c(O)c4C)[C@]3(C)C(=O)C[C@]12C. The number of aliphatic hydroxyl groups is 7. The molecule has 12 nitrogen and oxygen atoms in total. The molecule has 12 heteroatoms. The summed E-state index contributed by atoms with van der Waals surface area (Å²) < 4.78 is 16.9. The number of fused-ring (bicyclic) bond motifs is 5. The largest absolute Gasteiger partial charge is 0.504 e. The molecule has 1 aromatic carbocycles. The number of rotatable bonds is 8. The van der Waals surface area contributed by atoms with Gasteiger partial charge < -0.3 is 55.1 Å². The van der Waals surface area contributed by atoms with Crippen molar-refractivity contribution in [1.82, 2.24) is 0 Å². The average molecular weight is 679 g/mol. The summed E-state index contributed by atoms with van der Waals surface area (Å²) in [7, 11) is 1.54. The van der Waals surface area contributed by atoms with E-state index in [1.165, 1.54) is 13.0 Å². The fourth-order valence-corrected chi connectivity index (χ4v) is 9.79. The van der Waals surface area contributed by atoms with E-state index in [4.69, 9.17) is 14.2 Å². The molecule has 2 saturated carbocycles. The number of hydrogen-bond donors (Lipinski definition) is 8. The average Bonchev–Trinajstić information content (AvgIpc) is 3.23. The van der Waals surface area contributed by atoms with Gasteiger partial charge in [0.2, 0.25) is 6.29 Å². The number of ether oxygens (including phenoxy) is 3. The van der Waals surface area contributed by atoms with Crippen LogP contribution >= 0.6 is 0 Å². The summed E-state index contributed by atoms with van der Waals surface area (Å²) in [5.41, 5.74) is -3.23. The molecule has 1 heterocycles. The Hall–Kier alpha value is -2.13. The Morgan fingerprint density at radius 3 is 2.33 bits per heavy atom. The number of phenolic OH excluding ortho intramolecular Hbond substituents is 1. The molecular formula is C36H54O12. The van der Waals surface area contributed by atoms with Crippen molar-refractivity contribution in [2.75, 3.05) is 13.7 Å². The fraction of sp³-hybridized carbons (Fsp3) is 0.750. The highest BCUT2D eigenvalue weighted by atomic mass is 16.7. The van der Waals surface area contributed by atoms with Gasteiger partial charge in [0, 0.05) is 19.4 Å². The van der Waals surface area contributed by atoms with Crippen molar-refractivity contribution in [3.63, 3.8) is 0 Å². The number of carbonyl (C=O) groups excluding carboxylic acids is 1. The third-order valence-corrected chi connectivity index (χ3v) is 13.0. The Morgan fingerprint density at radius 2 is 1.73 bits per heavy atom. The number of aromatic hydroxyl groups is 1. The zero-order chi connectivity index (χ0) is 35.9. The normalized spacial score (nSPS) is 41.8. The molecule has 0 radical (unpaired) electrons. The lowest BCUT2D eigenvalue weighted by molar-refractivity contribution is -0.277. The molecule has 3 fully saturated rings. The first-order chi connectivity index (χ1) is 22.1. The van der Waals surface area contributed by atoms with Crippen LogP contribution in [0.15, 0.2) is 18.2 Å². The van der Waals surface area contributed by atoms with Crippen LogP contribution in [-0.2, 0) is 26.1 Å². The summed E-state index contributed by atoms with van der Waals surface area (Å²) in [4.78, 5) is 14.6. The Balaban J connectivity index is 1.54. The van der Waals surface area contributed by atoms with Crippen molar-refractivity contribution in [2.24, 2.45) is 22.7 Å². The molecule has 1 unspecified atom stereocenters. The number of Topliss-reactive ketones (excluding diaryl/α,β-unsaturated/α-hetero) is 1. The van der Waals surface area contributed by atoms with Crippen molar-refractivity contribution in [2.45, 2.75) is 134 Å². The summed E-state index contributed by atoms with van der Waals surface area (Å²) >= 11 is 0. The van der Waals surface area contributed by atoms with Crippen LogP contribution in [0.1, 0.15) is 77.5 Å². The Bertz CT molecular complexity index is 1440. The molecule has 48 heavy (non-hydrogen) atoms. The van der Waals surface area contributed by atoms with Crippen LogP contribution in [0.4, 0.5) is 0 Å². The molecule has 3 aliphatic carbocycles. The summed E-state index contributed by atoms with van der Waals surface area (Å²) in [6.07, 6.45) is -5.56. The third-order valence-electron chi connectivity index (χ3n) is 13.0. The van der Waals surface area contributed by atoms with Crippen molar-refractivity contribution >= 4 is 5.78 Å². The molecule has 5 rings (SSSR count). The van der Waals surface area contributed by atoms with E-state index in [1.807, 2.05) is 27.7 Å². The summed E-state index contributed by atoms with van der Waals surface area (Å²) in [6, 6.07) is 1.57. The third kappa shape index (κ3) is 5.34. The van der Waals surface area contributed by atoms with Gasteiger partial charge in [-0.2, -0.15) is 0 Å². The van der Waals surface area contributed by atoms with Gasteiger partial charge in [-0.1, -0.05) is 26.0 Å². The van der Waals surface area contributed by atoms with Gasteiger partial charge in [-0.05, 0) is 93.4 Å². The van der Waals surface area contributed by atoms with Crippen LogP contribution in [0.5, 0.6) is 11.5 Å². The van der Waals surface area contributed by atoms with Crippen LogP contribution in [0, 0.1) is 29.6 Å². The molecule has 4 aliphatic rings. The molecule has 270 valence electrons. The van der Waals surface area contributed by atoms with Gasteiger partial charge in [-0.15, -0.1) is 0 Å². The second-order valence-electron chi connectivity index (χ2n) is 16.0. The molecule has 1 aliphatic heterocycles. The van der Waals surface area contributed by atoms with Crippen molar-refractivity contribution < 1.29 is 59.9 Å². The molecule has 0 spiro atoms. The summed E-state index contributed by atoms with van der Waals surface area (Å²) in [5.74, 6) is -1.58. The monoisotopic (exact) mass is 678 g/mol. The maximum Gasteiger partial charge on any atom is 0.229 e. The number of phenols is 1. The number of benzene rings is 1. The van der Waals surface area contributed by atoms with E-state index in [2.05, 4.69) is 6.92 Å². The van der Waals surface area contributed by atoms with Gasteiger partial charge in [0.1, 0.15) is 36.3 Å². The highest BCUT2D eigenvalue weighted by Crippen LogP contribution is 2.72. The number of methoxy groups -OCH3 is 1. The number of hydrogen-bond acceptors (Lipinski definition) is 12. The molecule has 1 aromatic rings. The van der Waals surface area contributed by atoms with Crippen LogP contribution in [0.25, 0.3) is 0 Å². The number of aliphatic hydroxyl groups excluding tert-OH is 6. The van der Waals surface area contributed by atoms with Gasteiger partial charge in [-0.3, -0.25) is 4.79 Å². The zero-order valence-corrected chi connectivity index (χ0v) is 29.2. The molecule has 1 saturated heterocycles. The van der Waals surface area contributed by atoms with Crippen LogP contribution < -0.4 is 4.74 Å². The maximum atomic E-state index is 14.6. The van der Waals surface area contributed by atoms with Gasteiger partial charge >= 0.3 is 0 Å². The quantitative estimate of drug-likeness (QED) is 0.182. The van der Waals surface area contributed by atoms with E-state index >= 15 is 0 Å². The van der Waals surface area contributed by atoms with Crippen molar-refractivity contribution in [1.29, 1.82) is 0 Å². The second-order valence-corrected chi connectivity index (χ2v) is 16.0. The minimum atomic E-state index is -1.79. The first kappa shape index (κ1) is 37.1. The lowest BCUT2D eigenvalue weighted by Crippen LogP contribution is -2.64. The Labute approximate surface area is 282 Å². The molecule has 0 bridgehead atoms. The predicted molar refractivity (Wildman–Crippen MR) is 173 cm³/mol. The van der Waals surface area contributed by atoms with Gasteiger partial charge in [0.05, 0.1) is 29.3 Å². The second kappa shape index (κ2) is 12.3. The maximum absolute atomic E-state index is 14.6. The van der Waals surface area contributed by atoms with Crippen LogP contribution in [-0.4, -0.2) is 114 Å². The topological polar surface area (TPSA) is 207 Å². The van der Waals surface area contributed by atoms with Crippen LogP contribution in [0.2, 0.25) is 0 Å². The first-order valence-electron chi connectivity index (χ1n) is 16.8. The first-order valence-corrected chi connectivity index (χ1v) is 16.8. The number of ketones is 1. The van der Waals surface area contributed by atoms with Gasteiger partial charge in [0.15, 0.2) is 11.5 Å². The number of carbonyl (C=O) groups is 1. The van der Waals surface area contributed by atoms with E-state index in [0.717, 1.165) is 5.56 Å². The van der Waals surface area contributed by atoms with E-state index in [0.29, 0.717) is 30.4 Å². The van der Waals surface area contributed by atoms with E-state index in [9.17, 15) is 45.6 Å². The minimum absolute atomic E-state index is 0.0106. The van der Waals surface area contributed by atoms with Gasteiger partial charge in [0.25, 0.3) is 0 Å². The van der Waals surface area contributed by atoms with E-state index in [-0.39, 0.29) is 29.6 Å². The molecular weight excluding hydrogens is 624 g/mol. The van der Waals surface area contributed by atoms with Crippen molar-refractivity contribution in [3.05, 3.63) is 34.9 Å². The lowest BCUT2D eigenvalue weighted by Gasteiger charge is -2.62.